The fourth-order valence-electron chi connectivity index (χ4n) is 2.73. The van der Waals surface area contributed by atoms with Gasteiger partial charge in [-0.3, -0.25) is 4.90 Å². The Balaban J connectivity index is 1.95. The number of benzene rings is 1. The third-order valence-electron chi connectivity index (χ3n) is 3.51. The molecule has 1 atom stereocenters. The van der Waals surface area contributed by atoms with Crippen molar-refractivity contribution >= 4 is 23.2 Å². The minimum Gasteiger partial charge on any atom is -0.330 e. The van der Waals surface area contributed by atoms with Crippen LogP contribution in [0.2, 0.25) is 10.0 Å². The van der Waals surface area contributed by atoms with Crippen molar-refractivity contribution < 1.29 is 0 Å². The molecule has 1 saturated heterocycles. The second kappa shape index (κ2) is 6.76. The van der Waals surface area contributed by atoms with Crippen LogP contribution in [0.5, 0.6) is 0 Å². The molecule has 2 N–H and O–H groups in total. The molecule has 1 fully saturated rings. The minimum atomic E-state index is 0.716. The van der Waals surface area contributed by atoms with Gasteiger partial charge in [-0.25, -0.2) is 0 Å². The van der Waals surface area contributed by atoms with Crippen molar-refractivity contribution in [1.82, 2.24) is 4.90 Å². The lowest BCUT2D eigenvalue weighted by molar-refractivity contribution is 0.163. The number of hydrogen-bond acceptors (Lipinski definition) is 2. The number of likely N-dealkylation sites (tertiary alicyclic amines) is 1. The van der Waals surface area contributed by atoms with Gasteiger partial charge in [0.05, 0.1) is 0 Å². The average Bonchev–Trinajstić information content (AvgIpc) is 2.28. The smallest absolute Gasteiger partial charge is 0.0424 e. The first-order valence-corrected chi connectivity index (χ1v) is 7.30. The van der Waals surface area contributed by atoms with Crippen LogP contribution >= 0.6 is 23.2 Å². The maximum atomic E-state index is 6.03. The van der Waals surface area contributed by atoms with E-state index in [1.54, 1.807) is 6.07 Å². The molecule has 100 valence electrons. The van der Waals surface area contributed by atoms with Crippen molar-refractivity contribution in [2.45, 2.75) is 25.8 Å². The fraction of sp³-hybridized carbons (Fsp3) is 0.571. The monoisotopic (exact) mass is 286 g/mol. The summed E-state index contributed by atoms with van der Waals surface area (Å²) in [6.07, 6.45) is 3.70. The van der Waals surface area contributed by atoms with Crippen LogP contribution in [0.15, 0.2) is 18.2 Å². The standard InChI is InChI=1S/C14H20Cl2N2/c15-13-6-12(7-14(16)8-13)10-18-5-1-2-11(9-18)3-4-17/h6-8,11H,1-5,9-10,17H2. The van der Waals surface area contributed by atoms with Gasteiger partial charge < -0.3 is 5.73 Å². The zero-order valence-corrected chi connectivity index (χ0v) is 12.1. The molecule has 1 aliphatic rings. The van der Waals surface area contributed by atoms with Crippen molar-refractivity contribution in [3.63, 3.8) is 0 Å². The Bertz CT molecular complexity index is 373. The summed E-state index contributed by atoms with van der Waals surface area (Å²) in [6.45, 7) is 4.02. The zero-order valence-electron chi connectivity index (χ0n) is 10.5. The number of halogens is 2. The Labute approximate surface area is 119 Å². The second-order valence-electron chi connectivity index (χ2n) is 5.10. The predicted octanol–water partition coefficient (Wildman–Crippen LogP) is 3.55. The summed E-state index contributed by atoms with van der Waals surface area (Å²) in [5, 5.41) is 1.43. The van der Waals surface area contributed by atoms with Crippen LogP contribution in [0.25, 0.3) is 0 Å². The van der Waals surface area contributed by atoms with E-state index in [4.69, 9.17) is 28.9 Å². The lowest BCUT2D eigenvalue weighted by Gasteiger charge is -2.32. The van der Waals surface area contributed by atoms with Gasteiger partial charge in [-0.05, 0) is 62.0 Å². The first-order valence-electron chi connectivity index (χ1n) is 6.55. The van der Waals surface area contributed by atoms with E-state index in [1.807, 2.05) is 12.1 Å². The SMILES string of the molecule is NCCC1CCCN(Cc2cc(Cl)cc(Cl)c2)C1. The number of nitrogens with two attached hydrogens (primary N) is 1. The Morgan fingerprint density at radius 3 is 2.61 bits per heavy atom. The van der Waals surface area contributed by atoms with Gasteiger partial charge in [-0.1, -0.05) is 23.2 Å². The van der Waals surface area contributed by atoms with Gasteiger partial charge >= 0.3 is 0 Å². The Morgan fingerprint density at radius 2 is 1.94 bits per heavy atom. The van der Waals surface area contributed by atoms with Crippen LogP contribution < -0.4 is 5.73 Å². The van der Waals surface area contributed by atoms with Gasteiger partial charge in [-0.2, -0.15) is 0 Å². The molecule has 4 heteroatoms. The quantitative estimate of drug-likeness (QED) is 0.917. The number of hydrogen-bond donors (Lipinski definition) is 1. The van der Waals surface area contributed by atoms with Crippen molar-refractivity contribution in [3.8, 4) is 0 Å². The third-order valence-corrected chi connectivity index (χ3v) is 3.94. The van der Waals surface area contributed by atoms with Crippen molar-refractivity contribution in [3.05, 3.63) is 33.8 Å². The zero-order chi connectivity index (χ0) is 13.0. The summed E-state index contributed by atoms with van der Waals surface area (Å²) in [5.74, 6) is 0.749. The maximum Gasteiger partial charge on any atom is 0.0424 e. The van der Waals surface area contributed by atoms with Crippen LogP contribution in [0, 0.1) is 5.92 Å². The summed E-state index contributed by atoms with van der Waals surface area (Å²) in [5.41, 5.74) is 6.84. The highest BCUT2D eigenvalue weighted by molar-refractivity contribution is 6.34. The van der Waals surface area contributed by atoms with E-state index in [-0.39, 0.29) is 0 Å². The molecule has 0 radical (unpaired) electrons. The topological polar surface area (TPSA) is 29.3 Å². The van der Waals surface area contributed by atoms with Crippen LogP contribution in [-0.4, -0.2) is 24.5 Å². The van der Waals surface area contributed by atoms with Gasteiger partial charge in [0, 0.05) is 23.1 Å². The lowest BCUT2D eigenvalue weighted by atomic mass is 9.94. The molecule has 0 bridgehead atoms. The van der Waals surface area contributed by atoms with Crippen molar-refractivity contribution in [2.75, 3.05) is 19.6 Å². The molecule has 0 aromatic heterocycles. The van der Waals surface area contributed by atoms with Gasteiger partial charge in [0.25, 0.3) is 0 Å². The summed E-state index contributed by atoms with van der Waals surface area (Å²) in [7, 11) is 0. The van der Waals surface area contributed by atoms with Crippen molar-refractivity contribution in [2.24, 2.45) is 11.7 Å². The molecule has 1 aromatic rings. The Morgan fingerprint density at radius 1 is 1.22 bits per heavy atom. The van der Waals surface area contributed by atoms with E-state index in [0.717, 1.165) is 38.5 Å². The molecule has 2 rings (SSSR count). The highest BCUT2D eigenvalue weighted by Crippen LogP contribution is 2.23. The Kier molecular flexibility index (Phi) is 5.31. The van der Waals surface area contributed by atoms with Crippen LogP contribution in [-0.2, 0) is 6.54 Å². The predicted molar refractivity (Wildman–Crippen MR) is 78.1 cm³/mol. The largest absolute Gasteiger partial charge is 0.330 e. The van der Waals surface area contributed by atoms with E-state index >= 15 is 0 Å². The van der Waals surface area contributed by atoms with Gasteiger partial charge in [0.2, 0.25) is 0 Å². The highest BCUT2D eigenvalue weighted by Gasteiger charge is 2.19. The summed E-state index contributed by atoms with van der Waals surface area (Å²) < 4.78 is 0. The lowest BCUT2D eigenvalue weighted by Crippen LogP contribution is -2.35. The first-order chi connectivity index (χ1) is 8.67. The molecule has 0 amide bonds. The molecule has 1 aromatic carbocycles. The average molecular weight is 287 g/mol. The molecule has 2 nitrogen and oxygen atoms in total. The molecule has 1 aliphatic heterocycles. The highest BCUT2D eigenvalue weighted by atomic mass is 35.5. The van der Waals surface area contributed by atoms with Gasteiger partial charge in [-0.15, -0.1) is 0 Å². The van der Waals surface area contributed by atoms with Crippen molar-refractivity contribution in [1.29, 1.82) is 0 Å². The van der Waals surface area contributed by atoms with E-state index < -0.39 is 0 Å². The van der Waals surface area contributed by atoms with Crippen LogP contribution in [0.1, 0.15) is 24.8 Å². The van der Waals surface area contributed by atoms with Gasteiger partial charge in [0.1, 0.15) is 0 Å². The molecule has 0 spiro atoms. The molecule has 18 heavy (non-hydrogen) atoms. The Hall–Kier alpha value is -0.280. The molecular weight excluding hydrogens is 267 g/mol. The summed E-state index contributed by atoms with van der Waals surface area (Å²) in [4.78, 5) is 2.48. The second-order valence-corrected chi connectivity index (χ2v) is 5.97. The van der Waals surface area contributed by atoms with E-state index in [1.165, 1.54) is 18.4 Å². The van der Waals surface area contributed by atoms with Crippen LogP contribution in [0.4, 0.5) is 0 Å². The van der Waals surface area contributed by atoms with Gasteiger partial charge in [0.15, 0.2) is 0 Å². The van der Waals surface area contributed by atoms with E-state index in [2.05, 4.69) is 4.90 Å². The first kappa shape index (κ1) is 14.1. The fourth-order valence-corrected chi connectivity index (χ4v) is 3.30. The normalized spacial score (nSPS) is 21.2. The summed E-state index contributed by atoms with van der Waals surface area (Å²) in [6, 6.07) is 5.78. The molecule has 0 saturated carbocycles. The summed E-state index contributed by atoms with van der Waals surface area (Å²) >= 11 is 12.1. The molecule has 1 heterocycles. The maximum absolute atomic E-state index is 6.03. The molecule has 0 aliphatic carbocycles. The van der Waals surface area contributed by atoms with Crippen LogP contribution in [0.3, 0.4) is 0 Å². The minimum absolute atomic E-state index is 0.716. The van der Waals surface area contributed by atoms with E-state index in [9.17, 15) is 0 Å². The van der Waals surface area contributed by atoms with E-state index in [0.29, 0.717) is 10.0 Å². The number of rotatable bonds is 4. The number of nitrogens with zero attached hydrogens (tertiary/aromatic N) is 1. The number of piperidine rings is 1. The molecular formula is C14H20Cl2N2. The molecule has 1 unspecified atom stereocenters. The third kappa shape index (κ3) is 4.13.